The lowest BCUT2D eigenvalue weighted by molar-refractivity contribution is -0.136. The molecule has 2 amide bonds. The number of nitrogens with zero attached hydrogens (tertiary/aromatic N) is 1. The Morgan fingerprint density at radius 3 is 2.57 bits per heavy atom. The van der Waals surface area contributed by atoms with Crippen LogP contribution in [0.15, 0.2) is 47.6 Å². The van der Waals surface area contributed by atoms with Gasteiger partial charge in [0.05, 0.1) is 26.0 Å². The molecule has 2 N–H and O–H groups in total. The van der Waals surface area contributed by atoms with Crippen molar-refractivity contribution in [2.75, 3.05) is 19.5 Å². The van der Waals surface area contributed by atoms with Gasteiger partial charge in [0.1, 0.15) is 17.4 Å². The lowest BCUT2D eigenvalue weighted by Crippen LogP contribution is -2.32. The number of hydrogen-bond acceptors (Lipinski definition) is 8. The van der Waals surface area contributed by atoms with Crippen molar-refractivity contribution in [1.82, 2.24) is 5.43 Å². The molecule has 1 aliphatic rings. The van der Waals surface area contributed by atoms with Crippen molar-refractivity contribution in [3.63, 3.8) is 0 Å². The highest BCUT2D eigenvalue weighted by Crippen LogP contribution is 2.39. The second-order valence-electron chi connectivity index (χ2n) is 8.03. The molecule has 1 aromatic heterocycles. The molecular formula is C26H24FN3O6S. The molecule has 192 valence electrons. The third kappa shape index (κ3) is 6.12. The van der Waals surface area contributed by atoms with Crippen LogP contribution >= 0.6 is 11.3 Å². The van der Waals surface area contributed by atoms with Crippen LogP contribution in [-0.2, 0) is 33.8 Å². The first-order chi connectivity index (χ1) is 17.9. The quantitative estimate of drug-likeness (QED) is 0.200. The van der Waals surface area contributed by atoms with Crippen molar-refractivity contribution in [3.8, 4) is 11.5 Å². The zero-order valence-electron chi connectivity index (χ0n) is 20.1. The zero-order chi connectivity index (χ0) is 26.4. The number of benzene rings is 2. The van der Waals surface area contributed by atoms with E-state index in [2.05, 4.69) is 15.8 Å². The summed E-state index contributed by atoms with van der Waals surface area (Å²) in [6.45, 7) is 0.222. The molecule has 0 saturated heterocycles. The van der Waals surface area contributed by atoms with Gasteiger partial charge in [-0.25, -0.2) is 14.6 Å². The van der Waals surface area contributed by atoms with Crippen LogP contribution in [-0.4, -0.2) is 38.2 Å². The first-order valence-electron chi connectivity index (χ1n) is 11.3. The average Bonchev–Trinajstić information content (AvgIpc) is 3.49. The summed E-state index contributed by atoms with van der Waals surface area (Å²) in [5.74, 6) is -1.92. The number of hydrogen-bond donors (Lipinski definition) is 2. The molecule has 2 aromatic carbocycles. The molecule has 4 rings (SSSR count). The SMILES string of the molecule is COC(=O)c1c(NC(=O)C(=O)N/N=C/c2ccc(OCc3ccc(F)cc3)c(OC)c2)sc2c1CCC2. The maximum Gasteiger partial charge on any atom is 0.341 e. The Bertz CT molecular complexity index is 1350. The second kappa shape index (κ2) is 11.7. The maximum absolute atomic E-state index is 13.1. The van der Waals surface area contributed by atoms with Gasteiger partial charge >= 0.3 is 17.8 Å². The van der Waals surface area contributed by atoms with Crippen LogP contribution in [0, 0.1) is 5.82 Å². The summed E-state index contributed by atoms with van der Waals surface area (Å²) in [6.07, 6.45) is 3.82. The normalized spacial score (nSPS) is 12.2. The van der Waals surface area contributed by atoms with Crippen molar-refractivity contribution in [3.05, 3.63) is 75.4 Å². The molecule has 0 radical (unpaired) electrons. The zero-order valence-corrected chi connectivity index (χ0v) is 20.9. The molecular weight excluding hydrogens is 501 g/mol. The Hall–Kier alpha value is -4.25. The summed E-state index contributed by atoms with van der Waals surface area (Å²) in [5, 5.41) is 6.62. The molecule has 0 atom stereocenters. The van der Waals surface area contributed by atoms with E-state index in [9.17, 15) is 18.8 Å². The van der Waals surface area contributed by atoms with Crippen LogP contribution in [0.3, 0.4) is 0 Å². The van der Waals surface area contributed by atoms with Crippen molar-refractivity contribution >= 4 is 40.3 Å². The Morgan fingerprint density at radius 1 is 1.05 bits per heavy atom. The number of amides is 2. The molecule has 0 unspecified atom stereocenters. The number of anilines is 1. The maximum atomic E-state index is 13.1. The van der Waals surface area contributed by atoms with E-state index < -0.39 is 17.8 Å². The topological polar surface area (TPSA) is 115 Å². The minimum atomic E-state index is -0.994. The Kier molecular flexibility index (Phi) is 8.14. The van der Waals surface area contributed by atoms with E-state index in [4.69, 9.17) is 14.2 Å². The number of fused-ring (bicyclic) bond motifs is 1. The van der Waals surface area contributed by atoms with E-state index >= 15 is 0 Å². The molecule has 3 aromatic rings. The van der Waals surface area contributed by atoms with E-state index in [0.717, 1.165) is 35.3 Å². The van der Waals surface area contributed by atoms with Crippen LogP contribution in [0.4, 0.5) is 9.39 Å². The highest BCUT2D eigenvalue weighted by Gasteiger charge is 2.29. The summed E-state index contributed by atoms with van der Waals surface area (Å²) in [6, 6.07) is 11.0. The van der Waals surface area contributed by atoms with Gasteiger partial charge in [-0.3, -0.25) is 9.59 Å². The van der Waals surface area contributed by atoms with E-state index in [1.54, 1.807) is 30.3 Å². The number of carbonyl (C=O) groups is 3. The summed E-state index contributed by atoms with van der Waals surface area (Å²) >= 11 is 1.27. The number of aryl methyl sites for hydroxylation is 1. The molecule has 0 saturated carbocycles. The van der Waals surface area contributed by atoms with Gasteiger partial charge < -0.3 is 19.5 Å². The van der Waals surface area contributed by atoms with Gasteiger partial charge in [-0.05, 0) is 66.3 Å². The lowest BCUT2D eigenvalue weighted by Gasteiger charge is -2.11. The molecule has 0 bridgehead atoms. The predicted molar refractivity (Wildman–Crippen MR) is 136 cm³/mol. The first-order valence-corrected chi connectivity index (χ1v) is 12.1. The number of methoxy groups -OCH3 is 2. The smallest absolute Gasteiger partial charge is 0.341 e. The molecule has 37 heavy (non-hydrogen) atoms. The number of hydrazone groups is 1. The van der Waals surface area contributed by atoms with Crippen LogP contribution < -0.4 is 20.2 Å². The number of ether oxygens (including phenoxy) is 3. The van der Waals surface area contributed by atoms with E-state index in [1.807, 2.05) is 0 Å². The second-order valence-corrected chi connectivity index (χ2v) is 9.14. The van der Waals surface area contributed by atoms with Crippen LogP contribution in [0.1, 0.15) is 38.3 Å². The number of carbonyl (C=O) groups excluding carboxylic acids is 3. The predicted octanol–water partition coefficient (Wildman–Crippen LogP) is 3.84. The van der Waals surface area contributed by atoms with Gasteiger partial charge in [-0.2, -0.15) is 5.10 Å². The number of rotatable bonds is 8. The van der Waals surface area contributed by atoms with Crippen LogP contribution in [0.25, 0.3) is 0 Å². The van der Waals surface area contributed by atoms with Crippen molar-refractivity contribution in [1.29, 1.82) is 0 Å². The van der Waals surface area contributed by atoms with Crippen LogP contribution in [0.5, 0.6) is 11.5 Å². The summed E-state index contributed by atoms with van der Waals surface area (Å²) in [4.78, 5) is 37.9. The third-order valence-electron chi connectivity index (χ3n) is 5.62. The highest BCUT2D eigenvalue weighted by molar-refractivity contribution is 7.17. The average molecular weight is 526 g/mol. The summed E-state index contributed by atoms with van der Waals surface area (Å²) < 4.78 is 29.0. The van der Waals surface area contributed by atoms with Gasteiger partial charge in [-0.15, -0.1) is 11.3 Å². The number of nitrogens with one attached hydrogen (secondary N) is 2. The first kappa shape index (κ1) is 25.8. The van der Waals surface area contributed by atoms with E-state index in [-0.39, 0.29) is 12.4 Å². The minimum Gasteiger partial charge on any atom is -0.493 e. The molecule has 1 heterocycles. The third-order valence-corrected chi connectivity index (χ3v) is 6.83. The van der Waals surface area contributed by atoms with E-state index in [0.29, 0.717) is 27.6 Å². The Labute approximate surface area is 216 Å². The van der Waals surface area contributed by atoms with Gasteiger partial charge in [0.2, 0.25) is 0 Å². The monoisotopic (exact) mass is 525 g/mol. The lowest BCUT2D eigenvalue weighted by atomic mass is 10.1. The Balaban J connectivity index is 1.35. The van der Waals surface area contributed by atoms with Crippen molar-refractivity contribution < 1.29 is 33.0 Å². The number of thiophene rings is 1. The van der Waals surface area contributed by atoms with Gasteiger partial charge in [-0.1, -0.05) is 12.1 Å². The highest BCUT2D eigenvalue weighted by atomic mass is 32.1. The van der Waals surface area contributed by atoms with Crippen molar-refractivity contribution in [2.24, 2.45) is 5.10 Å². The minimum absolute atomic E-state index is 0.222. The van der Waals surface area contributed by atoms with Gasteiger partial charge in [0.15, 0.2) is 11.5 Å². The van der Waals surface area contributed by atoms with Gasteiger partial charge in [0, 0.05) is 4.88 Å². The molecule has 1 aliphatic carbocycles. The molecule has 0 spiro atoms. The standard InChI is InChI=1S/C26H24FN3O6S/c1-34-20-12-16(8-11-19(20)36-14-15-6-9-17(27)10-7-15)13-28-30-24(32)23(31)29-25-22(26(33)35-2)18-4-3-5-21(18)37-25/h6-13H,3-5,14H2,1-2H3,(H,29,31)(H,30,32)/b28-13+. The largest absolute Gasteiger partial charge is 0.493 e. The molecule has 0 fully saturated rings. The van der Waals surface area contributed by atoms with E-state index in [1.165, 1.54) is 43.9 Å². The van der Waals surface area contributed by atoms with Crippen LogP contribution in [0.2, 0.25) is 0 Å². The molecule has 11 heteroatoms. The number of halogens is 1. The summed E-state index contributed by atoms with van der Waals surface area (Å²) in [7, 11) is 2.75. The van der Waals surface area contributed by atoms with Crippen molar-refractivity contribution in [2.45, 2.75) is 25.9 Å². The van der Waals surface area contributed by atoms with Gasteiger partial charge in [0.25, 0.3) is 0 Å². The fourth-order valence-electron chi connectivity index (χ4n) is 3.81. The Morgan fingerprint density at radius 2 is 1.84 bits per heavy atom. The summed E-state index contributed by atoms with van der Waals surface area (Å²) in [5.41, 5.74) is 4.71. The molecule has 0 aliphatic heterocycles. The fraction of sp³-hybridized carbons (Fsp3) is 0.231. The molecule has 9 nitrogen and oxygen atoms in total. The number of esters is 1. The fourth-order valence-corrected chi connectivity index (χ4v) is 5.08.